The maximum atomic E-state index is 12.2. The van der Waals surface area contributed by atoms with E-state index in [1.807, 2.05) is 42.2 Å². The van der Waals surface area contributed by atoms with Crippen LogP contribution in [0.2, 0.25) is 0 Å². The lowest BCUT2D eigenvalue weighted by molar-refractivity contribution is -0.134. The van der Waals surface area contributed by atoms with Crippen molar-refractivity contribution in [3.63, 3.8) is 0 Å². The third-order valence-electron chi connectivity index (χ3n) is 4.49. The number of rotatable bonds is 6. The first-order valence-electron chi connectivity index (χ1n) is 8.85. The Morgan fingerprint density at radius 3 is 3.00 bits per heavy atom. The molecule has 2 N–H and O–H groups in total. The molecule has 2 amide bonds. The highest BCUT2D eigenvalue weighted by molar-refractivity contribution is 5.88. The van der Waals surface area contributed by atoms with Gasteiger partial charge in [0.1, 0.15) is 5.75 Å². The highest BCUT2D eigenvalue weighted by Crippen LogP contribution is 2.21. The molecule has 7 nitrogen and oxygen atoms in total. The molecule has 1 aromatic heterocycles. The predicted octanol–water partition coefficient (Wildman–Crippen LogP) is 1.07. The standard InChI is InChI=1S/C19H24N4O3/c1-3-26-15-6-7-16-13(10-15)4-5-14(22-16)12-23-9-8-21-19(25)17(23)11-18(24)20-2/h4-7,10,17H,3,8-9,11-12H2,1-2H3,(H,20,24)(H,21,25)/t17-/m1/s1. The number of hydrogen-bond donors (Lipinski definition) is 2. The number of nitrogens with one attached hydrogen (secondary N) is 2. The van der Waals surface area contributed by atoms with Crippen LogP contribution >= 0.6 is 0 Å². The molecule has 0 unspecified atom stereocenters. The van der Waals surface area contributed by atoms with Gasteiger partial charge in [0.05, 0.1) is 30.3 Å². The fourth-order valence-corrected chi connectivity index (χ4v) is 3.15. The maximum absolute atomic E-state index is 12.2. The fraction of sp³-hybridized carbons (Fsp3) is 0.421. The second-order valence-corrected chi connectivity index (χ2v) is 6.24. The van der Waals surface area contributed by atoms with E-state index in [4.69, 9.17) is 9.72 Å². The second-order valence-electron chi connectivity index (χ2n) is 6.24. The van der Waals surface area contributed by atoms with Crippen molar-refractivity contribution in [2.75, 3.05) is 26.7 Å². The number of carbonyl (C=O) groups is 2. The lowest BCUT2D eigenvalue weighted by Crippen LogP contribution is -2.56. The average Bonchev–Trinajstić information content (AvgIpc) is 2.64. The summed E-state index contributed by atoms with van der Waals surface area (Å²) in [4.78, 5) is 30.6. The van der Waals surface area contributed by atoms with Crippen LogP contribution in [0.15, 0.2) is 30.3 Å². The van der Waals surface area contributed by atoms with Crippen LogP contribution in [0.25, 0.3) is 10.9 Å². The van der Waals surface area contributed by atoms with E-state index in [0.29, 0.717) is 26.2 Å². The van der Waals surface area contributed by atoms with Gasteiger partial charge in [-0.1, -0.05) is 6.07 Å². The number of amides is 2. The molecule has 1 atom stereocenters. The van der Waals surface area contributed by atoms with Gasteiger partial charge in [-0.15, -0.1) is 0 Å². The van der Waals surface area contributed by atoms with Gasteiger partial charge in [0, 0.05) is 32.1 Å². The first-order valence-corrected chi connectivity index (χ1v) is 8.85. The minimum absolute atomic E-state index is 0.109. The molecule has 26 heavy (non-hydrogen) atoms. The Bertz CT molecular complexity index is 808. The Hall–Kier alpha value is -2.67. The van der Waals surface area contributed by atoms with Crippen molar-refractivity contribution in [1.82, 2.24) is 20.5 Å². The highest BCUT2D eigenvalue weighted by Gasteiger charge is 2.31. The molecule has 1 aliphatic rings. The van der Waals surface area contributed by atoms with E-state index >= 15 is 0 Å². The van der Waals surface area contributed by atoms with Gasteiger partial charge in [0.15, 0.2) is 0 Å². The molecule has 7 heteroatoms. The summed E-state index contributed by atoms with van der Waals surface area (Å²) in [5, 5.41) is 6.43. The topological polar surface area (TPSA) is 83.6 Å². The molecule has 0 aliphatic carbocycles. The van der Waals surface area contributed by atoms with Gasteiger partial charge in [0.25, 0.3) is 0 Å². The number of piperazine rings is 1. The normalized spacial score (nSPS) is 17.8. The fourth-order valence-electron chi connectivity index (χ4n) is 3.15. The van der Waals surface area contributed by atoms with Crippen LogP contribution in [-0.4, -0.2) is 54.5 Å². The third-order valence-corrected chi connectivity index (χ3v) is 4.49. The molecule has 3 rings (SSSR count). The zero-order valence-corrected chi connectivity index (χ0v) is 15.1. The predicted molar refractivity (Wildman–Crippen MR) is 98.8 cm³/mol. The van der Waals surface area contributed by atoms with E-state index in [1.54, 1.807) is 7.05 Å². The van der Waals surface area contributed by atoms with Crippen LogP contribution in [0.5, 0.6) is 5.75 Å². The number of aromatic nitrogens is 1. The van der Waals surface area contributed by atoms with Crippen LogP contribution in [0.3, 0.4) is 0 Å². The number of fused-ring (bicyclic) bond motifs is 1. The van der Waals surface area contributed by atoms with E-state index < -0.39 is 6.04 Å². The molecule has 0 bridgehead atoms. The van der Waals surface area contributed by atoms with Crippen molar-refractivity contribution in [2.45, 2.75) is 25.9 Å². The summed E-state index contributed by atoms with van der Waals surface area (Å²) in [7, 11) is 1.58. The van der Waals surface area contributed by atoms with Crippen LogP contribution in [0.1, 0.15) is 19.0 Å². The second kappa shape index (κ2) is 8.14. The largest absolute Gasteiger partial charge is 0.494 e. The number of hydrogen-bond acceptors (Lipinski definition) is 5. The zero-order chi connectivity index (χ0) is 18.5. The minimum atomic E-state index is -0.471. The smallest absolute Gasteiger partial charge is 0.237 e. The maximum Gasteiger partial charge on any atom is 0.237 e. The van der Waals surface area contributed by atoms with Gasteiger partial charge in [-0.2, -0.15) is 0 Å². The molecule has 2 heterocycles. The molecule has 0 spiro atoms. The van der Waals surface area contributed by atoms with Crippen LogP contribution in [0, 0.1) is 0 Å². The van der Waals surface area contributed by atoms with Crippen molar-refractivity contribution >= 4 is 22.7 Å². The first-order chi connectivity index (χ1) is 12.6. The lowest BCUT2D eigenvalue weighted by Gasteiger charge is -2.34. The van der Waals surface area contributed by atoms with Crippen LogP contribution in [-0.2, 0) is 16.1 Å². The van der Waals surface area contributed by atoms with E-state index in [-0.39, 0.29) is 18.2 Å². The van der Waals surface area contributed by atoms with E-state index in [9.17, 15) is 9.59 Å². The number of ether oxygens (including phenoxy) is 1. The number of nitrogens with zero attached hydrogens (tertiary/aromatic N) is 2. The summed E-state index contributed by atoms with van der Waals surface area (Å²) in [5.74, 6) is 0.571. The molecule has 1 fully saturated rings. The molecule has 2 aromatic rings. The van der Waals surface area contributed by atoms with E-state index in [0.717, 1.165) is 22.3 Å². The summed E-state index contributed by atoms with van der Waals surface area (Å²) >= 11 is 0. The van der Waals surface area contributed by atoms with Crippen molar-refractivity contribution in [3.8, 4) is 5.75 Å². The molecular formula is C19H24N4O3. The summed E-state index contributed by atoms with van der Waals surface area (Å²) in [6, 6.07) is 9.32. The minimum Gasteiger partial charge on any atom is -0.494 e. The van der Waals surface area contributed by atoms with Crippen molar-refractivity contribution in [1.29, 1.82) is 0 Å². The molecule has 1 aliphatic heterocycles. The van der Waals surface area contributed by atoms with Gasteiger partial charge < -0.3 is 15.4 Å². The summed E-state index contributed by atoms with van der Waals surface area (Å²) in [6.07, 6.45) is 0.146. The average molecular weight is 356 g/mol. The zero-order valence-electron chi connectivity index (χ0n) is 15.1. The molecule has 0 saturated carbocycles. The quantitative estimate of drug-likeness (QED) is 0.809. The Morgan fingerprint density at radius 2 is 2.23 bits per heavy atom. The highest BCUT2D eigenvalue weighted by atomic mass is 16.5. The molecule has 1 saturated heterocycles. The summed E-state index contributed by atoms with van der Waals surface area (Å²) in [5.41, 5.74) is 1.76. The van der Waals surface area contributed by atoms with Crippen molar-refractivity contribution in [2.24, 2.45) is 0 Å². The summed E-state index contributed by atoms with van der Waals surface area (Å²) < 4.78 is 5.52. The number of benzene rings is 1. The molecule has 138 valence electrons. The van der Waals surface area contributed by atoms with Crippen LogP contribution in [0.4, 0.5) is 0 Å². The third kappa shape index (κ3) is 4.11. The van der Waals surface area contributed by atoms with Gasteiger partial charge in [-0.05, 0) is 31.2 Å². The monoisotopic (exact) mass is 356 g/mol. The Labute approximate surface area is 152 Å². The lowest BCUT2D eigenvalue weighted by atomic mass is 10.1. The summed E-state index contributed by atoms with van der Waals surface area (Å²) in [6.45, 7) is 4.37. The molecular weight excluding hydrogens is 332 g/mol. The van der Waals surface area contributed by atoms with Gasteiger partial charge in [0.2, 0.25) is 11.8 Å². The van der Waals surface area contributed by atoms with E-state index in [1.165, 1.54) is 0 Å². The number of carbonyl (C=O) groups excluding carboxylic acids is 2. The van der Waals surface area contributed by atoms with Crippen molar-refractivity contribution < 1.29 is 14.3 Å². The van der Waals surface area contributed by atoms with Gasteiger partial charge in [-0.3, -0.25) is 19.5 Å². The molecule has 0 radical (unpaired) electrons. The SMILES string of the molecule is CCOc1ccc2nc(CN3CCNC(=O)[C@H]3CC(=O)NC)ccc2c1. The Morgan fingerprint density at radius 1 is 1.38 bits per heavy atom. The first kappa shape index (κ1) is 18.1. The Balaban J connectivity index is 1.78. The van der Waals surface area contributed by atoms with E-state index in [2.05, 4.69) is 10.6 Å². The van der Waals surface area contributed by atoms with Gasteiger partial charge in [-0.25, -0.2) is 0 Å². The number of pyridine rings is 1. The van der Waals surface area contributed by atoms with Crippen molar-refractivity contribution in [3.05, 3.63) is 36.0 Å². The van der Waals surface area contributed by atoms with Gasteiger partial charge >= 0.3 is 0 Å². The van der Waals surface area contributed by atoms with Crippen LogP contribution < -0.4 is 15.4 Å². The molecule has 1 aromatic carbocycles. The Kier molecular flexibility index (Phi) is 5.68.